The van der Waals surface area contributed by atoms with E-state index in [-0.39, 0.29) is 0 Å². The van der Waals surface area contributed by atoms with E-state index < -0.39 is 0 Å². The van der Waals surface area contributed by atoms with Gasteiger partial charge in [-0.3, -0.25) is 4.98 Å². The SMILES string of the molecule is c1ccc(-c2c3c(c(-c4ccccc4)c4ccccc24)-c2ccc(-c4ccc5c(c4)c4ccccc4n5-c4cnc5ccccc5c4)c4cccc-3c24)cc1. The van der Waals surface area contributed by atoms with Gasteiger partial charge in [0, 0.05) is 16.2 Å². The molecule has 0 fully saturated rings. The van der Waals surface area contributed by atoms with Crippen molar-refractivity contribution in [2.45, 2.75) is 0 Å². The topological polar surface area (TPSA) is 17.8 Å². The molecule has 0 unspecified atom stereocenters. The van der Waals surface area contributed by atoms with Gasteiger partial charge in [0.1, 0.15) is 0 Å². The van der Waals surface area contributed by atoms with Crippen LogP contribution in [0.15, 0.2) is 194 Å². The van der Waals surface area contributed by atoms with Crippen molar-refractivity contribution in [1.82, 2.24) is 9.55 Å². The molecule has 2 nitrogen and oxygen atoms in total. The first-order valence-electron chi connectivity index (χ1n) is 19.0. The second-order valence-electron chi connectivity index (χ2n) is 14.6. The molecule has 0 bridgehead atoms. The van der Waals surface area contributed by atoms with Crippen LogP contribution in [-0.4, -0.2) is 9.55 Å². The average molecular weight is 697 g/mol. The minimum atomic E-state index is 1.00. The third-order valence-corrected chi connectivity index (χ3v) is 11.7. The molecule has 55 heavy (non-hydrogen) atoms. The first-order valence-corrected chi connectivity index (χ1v) is 19.0. The lowest BCUT2D eigenvalue weighted by atomic mass is 9.82. The van der Waals surface area contributed by atoms with Crippen LogP contribution in [0.4, 0.5) is 0 Å². The zero-order valence-electron chi connectivity index (χ0n) is 29.9. The van der Waals surface area contributed by atoms with E-state index in [1.54, 1.807) is 0 Å². The van der Waals surface area contributed by atoms with Crippen molar-refractivity contribution in [3.63, 3.8) is 0 Å². The van der Waals surface area contributed by atoms with Crippen LogP contribution in [0.3, 0.4) is 0 Å². The van der Waals surface area contributed by atoms with Crippen molar-refractivity contribution in [3.8, 4) is 61.3 Å². The van der Waals surface area contributed by atoms with E-state index in [2.05, 4.69) is 187 Å². The smallest absolute Gasteiger partial charge is 0.0703 e. The summed E-state index contributed by atoms with van der Waals surface area (Å²) in [5, 5.41) is 8.75. The van der Waals surface area contributed by atoms with Crippen LogP contribution in [0.1, 0.15) is 0 Å². The quantitative estimate of drug-likeness (QED) is 0.179. The molecule has 2 heterocycles. The van der Waals surface area contributed by atoms with Crippen LogP contribution in [0.2, 0.25) is 0 Å². The predicted octanol–water partition coefficient (Wildman–Crippen LogP) is 14.3. The summed E-state index contributed by atoms with van der Waals surface area (Å²) >= 11 is 0. The Kier molecular flexibility index (Phi) is 6.37. The maximum Gasteiger partial charge on any atom is 0.0703 e. The summed E-state index contributed by atoms with van der Waals surface area (Å²) in [5.74, 6) is 0. The summed E-state index contributed by atoms with van der Waals surface area (Å²) in [5.41, 5.74) is 17.2. The van der Waals surface area contributed by atoms with Gasteiger partial charge >= 0.3 is 0 Å². The van der Waals surface area contributed by atoms with Crippen LogP contribution in [0, 0.1) is 0 Å². The fraction of sp³-hybridized carbons (Fsp3) is 0. The van der Waals surface area contributed by atoms with Crippen LogP contribution in [0.25, 0.3) is 116 Å². The average Bonchev–Trinajstić information content (AvgIpc) is 3.76. The van der Waals surface area contributed by atoms with Gasteiger partial charge < -0.3 is 4.57 Å². The zero-order valence-corrected chi connectivity index (χ0v) is 29.9. The lowest BCUT2D eigenvalue weighted by molar-refractivity contribution is 1.16. The summed E-state index contributed by atoms with van der Waals surface area (Å²) in [6.07, 6.45) is 2.00. The van der Waals surface area contributed by atoms with Crippen LogP contribution in [0.5, 0.6) is 0 Å². The number of para-hydroxylation sites is 2. The number of nitrogens with zero attached hydrogens (tertiary/aromatic N) is 2. The van der Waals surface area contributed by atoms with Gasteiger partial charge in [0.05, 0.1) is 28.4 Å². The molecule has 0 saturated carbocycles. The Bertz CT molecular complexity index is 3260. The van der Waals surface area contributed by atoms with E-state index in [4.69, 9.17) is 4.98 Å². The number of pyridine rings is 1. The molecule has 1 aliphatic carbocycles. The fourth-order valence-electron chi connectivity index (χ4n) is 9.46. The van der Waals surface area contributed by atoms with Gasteiger partial charge in [-0.2, -0.15) is 0 Å². The molecule has 2 heteroatoms. The first kappa shape index (κ1) is 30.2. The lowest BCUT2D eigenvalue weighted by Crippen LogP contribution is -1.95. The molecular formula is C53H32N2. The standard InChI is InChI=1S/C53H32N2/c1-3-14-33(15-4-1)49-41-20-8-9-21-42(41)50(34-16-5-2-6-17-34)53-44-28-27-38(40-22-13-23-43(51(40)44)52(49)53)35-26-29-48-45(31-35)39-19-10-12-25-47(39)55(48)37-30-36-18-7-11-24-46(36)54-32-37/h1-32H. The molecule has 0 N–H and O–H groups in total. The Morgan fingerprint density at radius 2 is 0.927 bits per heavy atom. The molecular weight excluding hydrogens is 665 g/mol. The molecule has 0 amide bonds. The molecule has 0 saturated heterocycles. The van der Waals surface area contributed by atoms with Crippen molar-refractivity contribution in [2.24, 2.45) is 0 Å². The Labute approximate surface area is 318 Å². The molecule has 9 aromatic carbocycles. The van der Waals surface area contributed by atoms with Crippen molar-refractivity contribution >= 4 is 54.3 Å². The van der Waals surface area contributed by atoms with E-state index in [1.807, 2.05) is 12.3 Å². The molecule has 2 aromatic heterocycles. The summed E-state index contributed by atoms with van der Waals surface area (Å²) in [7, 11) is 0. The third kappa shape index (κ3) is 4.34. The second kappa shape index (κ2) is 11.6. The molecule has 0 aliphatic heterocycles. The number of hydrogen-bond donors (Lipinski definition) is 0. The summed E-state index contributed by atoms with van der Waals surface area (Å²) in [4.78, 5) is 4.84. The van der Waals surface area contributed by atoms with E-state index in [0.29, 0.717) is 0 Å². The number of fused-ring (bicyclic) bond motifs is 8. The van der Waals surface area contributed by atoms with Gasteiger partial charge in [0.25, 0.3) is 0 Å². The molecule has 0 spiro atoms. The third-order valence-electron chi connectivity index (χ3n) is 11.7. The molecule has 12 rings (SSSR count). The first-order chi connectivity index (χ1) is 27.3. The summed E-state index contributed by atoms with van der Waals surface area (Å²) in [6.45, 7) is 0. The van der Waals surface area contributed by atoms with E-state index in [0.717, 1.165) is 16.6 Å². The van der Waals surface area contributed by atoms with Crippen molar-refractivity contribution in [2.75, 3.05) is 0 Å². The van der Waals surface area contributed by atoms with E-state index >= 15 is 0 Å². The van der Waals surface area contributed by atoms with E-state index in [1.165, 1.54) is 99.0 Å². The Morgan fingerprint density at radius 3 is 1.67 bits per heavy atom. The fourth-order valence-corrected chi connectivity index (χ4v) is 9.46. The normalized spacial score (nSPS) is 12.0. The highest BCUT2D eigenvalue weighted by Crippen LogP contribution is 2.58. The molecule has 254 valence electrons. The number of hydrogen-bond acceptors (Lipinski definition) is 1. The second-order valence-corrected chi connectivity index (χ2v) is 14.6. The van der Waals surface area contributed by atoms with Crippen molar-refractivity contribution < 1.29 is 0 Å². The highest BCUT2D eigenvalue weighted by Gasteiger charge is 2.31. The largest absolute Gasteiger partial charge is 0.308 e. The Hall–Kier alpha value is -7.29. The number of aromatic nitrogens is 2. The zero-order chi connectivity index (χ0) is 36.0. The molecule has 0 atom stereocenters. The minimum Gasteiger partial charge on any atom is -0.308 e. The summed E-state index contributed by atoms with van der Waals surface area (Å²) < 4.78 is 2.36. The predicted molar refractivity (Wildman–Crippen MR) is 232 cm³/mol. The van der Waals surface area contributed by atoms with Crippen LogP contribution >= 0.6 is 0 Å². The molecule has 0 radical (unpaired) electrons. The van der Waals surface area contributed by atoms with Gasteiger partial charge in [-0.25, -0.2) is 0 Å². The maximum absolute atomic E-state index is 4.84. The minimum absolute atomic E-state index is 1.00. The van der Waals surface area contributed by atoms with Gasteiger partial charge in [0.15, 0.2) is 0 Å². The molecule has 1 aliphatic rings. The van der Waals surface area contributed by atoms with Crippen molar-refractivity contribution in [1.29, 1.82) is 0 Å². The van der Waals surface area contributed by atoms with Gasteiger partial charge in [-0.05, 0) is 108 Å². The van der Waals surface area contributed by atoms with Crippen molar-refractivity contribution in [3.05, 3.63) is 194 Å². The highest BCUT2D eigenvalue weighted by molar-refractivity contribution is 6.29. The monoisotopic (exact) mass is 696 g/mol. The number of rotatable bonds is 4. The van der Waals surface area contributed by atoms with Gasteiger partial charge in [-0.1, -0.05) is 158 Å². The highest BCUT2D eigenvalue weighted by atomic mass is 15.0. The van der Waals surface area contributed by atoms with Crippen LogP contribution < -0.4 is 0 Å². The Morgan fingerprint density at radius 1 is 0.345 bits per heavy atom. The van der Waals surface area contributed by atoms with Gasteiger partial charge in [-0.15, -0.1) is 0 Å². The van der Waals surface area contributed by atoms with Crippen LogP contribution in [-0.2, 0) is 0 Å². The number of benzene rings is 9. The summed E-state index contributed by atoms with van der Waals surface area (Å²) in [6, 6.07) is 68.9. The Balaban J connectivity index is 1.12. The van der Waals surface area contributed by atoms with E-state index in [9.17, 15) is 0 Å². The van der Waals surface area contributed by atoms with Gasteiger partial charge in [0.2, 0.25) is 0 Å². The lowest BCUT2D eigenvalue weighted by Gasteiger charge is -2.20. The molecule has 11 aromatic rings. The maximum atomic E-state index is 4.84.